The van der Waals surface area contributed by atoms with E-state index in [9.17, 15) is 4.79 Å². The molecule has 0 fully saturated rings. The summed E-state index contributed by atoms with van der Waals surface area (Å²) in [4.78, 5) is 10.4. The van der Waals surface area contributed by atoms with Crippen molar-refractivity contribution in [2.75, 3.05) is 6.61 Å². The maximum Gasteiger partial charge on any atom is 2.00 e. The van der Waals surface area contributed by atoms with Crippen molar-refractivity contribution < 1.29 is 36.4 Å². The largest absolute Gasteiger partial charge is 2.00 e. The van der Waals surface area contributed by atoms with Gasteiger partial charge in [-0.05, 0) is 13.8 Å². The second-order valence-electron chi connectivity index (χ2n) is 1.54. The summed E-state index contributed by atoms with van der Waals surface area (Å²) >= 11 is 0. The number of aliphatic hydroxyl groups excluding tert-OH is 1. The van der Waals surface area contributed by atoms with Crippen LogP contribution in [0, 0.1) is 10.8 Å². The molecule has 78 valence electrons. The topological polar surface area (TPSA) is 94.2 Å². The first-order chi connectivity index (χ1) is 6.16. The number of hydrogen-bond donors (Lipinski definition) is 3. The minimum Gasteiger partial charge on any atom is -0.522 e. The number of esters is 1. The fourth-order valence-corrected chi connectivity index (χ4v) is 0.354. The quantitative estimate of drug-likeness (QED) is 0.168. The van der Waals surface area contributed by atoms with E-state index in [1.165, 1.54) is 6.92 Å². The van der Waals surface area contributed by atoms with E-state index in [1.54, 1.807) is 6.92 Å². The number of hydrogen-bond acceptors (Lipinski definition) is 5. The van der Waals surface area contributed by atoms with Crippen molar-refractivity contribution in [2.45, 2.75) is 13.8 Å². The van der Waals surface area contributed by atoms with Crippen molar-refractivity contribution in [2.24, 2.45) is 0 Å². The zero-order chi connectivity index (χ0) is 11.3. The summed E-state index contributed by atoms with van der Waals surface area (Å²) in [7, 11) is 0. The molecule has 0 heterocycles. The number of nitrogens with one attached hydrogen (secondary N) is 2. The van der Waals surface area contributed by atoms with E-state index in [0.717, 1.165) is 6.08 Å². The van der Waals surface area contributed by atoms with Crippen LogP contribution < -0.4 is 0 Å². The molecule has 0 amide bonds. The number of allylic oxidation sites excluding steroid dienone is 1. The Morgan fingerprint density at radius 2 is 1.79 bits per heavy atom. The summed E-state index contributed by atoms with van der Waals surface area (Å²) in [5.41, 5.74) is 0. The van der Waals surface area contributed by atoms with Crippen molar-refractivity contribution in [3.63, 3.8) is 0 Å². The minimum atomic E-state index is -0.502. The van der Waals surface area contributed by atoms with Crippen LogP contribution in [0.15, 0.2) is 11.8 Å². The molecular formula is C8H14N2O3Ti. The van der Waals surface area contributed by atoms with Gasteiger partial charge in [0.25, 0.3) is 0 Å². The molecule has 3 N–H and O–H groups in total. The molecule has 0 radical (unpaired) electrons. The molecule has 0 aliphatic heterocycles. The van der Waals surface area contributed by atoms with Crippen molar-refractivity contribution in [3.8, 4) is 0 Å². The van der Waals surface area contributed by atoms with Gasteiger partial charge in [-0.25, -0.2) is 4.79 Å². The van der Waals surface area contributed by atoms with Gasteiger partial charge in [0.2, 0.25) is 0 Å². The van der Waals surface area contributed by atoms with Crippen LogP contribution in [-0.2, 0) is 31.2 Å². The SMILES string of the molecule is CCOC(=O)C=C(C)O.[CH-]=N.[CH-]=N.[Ti+2]. The first-order valence-electron chi connectivity index (χ1n) is 3.28. The second-order valence-corrected chi connectivity index (χ2v) is 1.54. The Morgan fingerprint density at radius 1 is 1.43 bits per heavy atom. The van der Waals surface area contributed by atoms with E-state index in [1.807, 2.05) is 0 Å². The van der Waals surface area contributed by atoms with Gasteiger partial charge in [-0.3, -0.25) is 0 Å². The molecule has 0 aromatic carbocycles. The first-order valence-corrected chi connectivity index (χ1v) is 3.28. The van der Waals surface area contributed by atoms with Crippen LogP contribution in [0.5, 0.6) is 0 Å². The standard InChI is InChI=1S/C6H10O3.2CH2N.Ti/c1-3-9-6(8)4-5(2)7;2*1-2;/h4,7H,3H2,1-2H3;2*1-2H;/q;2*-1;+2. The third-order valence-electron chi connectivity index (χ3n) is 0.613. The summed E-state index contributed by atoms with van der Waals surface area (Å²) < 4.78 is 4.48. The van der Waals surface area contributed by atoms with Gasteiger partial charge in [0.15, 0.2) is 0 Å². The van der Waals surface area contributed by atoms with E-state index in [-0.39, 0.29) is 27.5 Å². The molecule has 5 nitrogen and oxygen atoms in total. The Morgan fingerprint density at radius 3 is 2.00 bits per heavy atom. The number of carbonyl (C=O) groups excluding carboxylic acids is 1. The molecule has 14 heavy (non-hydrogen) atoms. The maximum atomic E-state index is 10.4. The summed E-state index contributed by atoms with van der Waals surface area (Å²) in [6, 6.07) is 0. The number of aliphatic hydroxyl groups is 1. The molecule has 6 heteroatoms. The van der Waals surface area contributed by atoms with Gasteiger partial charge in [-0.1, -0.05) is 0 Å². The smallest absolute Gasteiger partial charge is 0.522 e. The van der Waals surface area contributed by atoms with Gasteiger partial charge in [0, 0.05) is 0 Å². The monoisotopic (exact) mass is 234 g/mol. The molecule has 0 atom stereocenters. The molecule has 0 spiro atoms. The predicted molar refractivity (Wildman–Crippen MR) is 50.6 cm³/mol. The summed E-state index contributed by atoms with van der Waals surface area (Å²) in [5, 5.41) is 19.0. The van der Waals surface area contributed by atoms with Crippen LogP contribution in [-0.4, -0.2) is 31.1 Å². The molecule has 0 saturated carbocycles. The van der Waals surface area contributed by atoms with Gasteiger partial charge < -0.3 is 34.1 Å². The Bertz CT molecular complexity index is 157. The molecule has 0 aromatic rings. The van der Waals surface area contributed by atoms with E-state index in [0.29, 0.717) is 6.61 Å². The van der Waals surface area contributed by atoms with Gasteiger partial charge in [-0.2, -0.15) is 0 Å². The molecule has 0 saturated heterocycles. The van der Waals surface area contributed by atoms with Crippen molar-refractivity contribution in [1.29, 1.82) is 10.8 Å². The predicted octanol–water partition coefficient (Wildman–Crippen LogP) is 1.29. The summed E-state index contributed by atoms with van der Waals surface area (Å²) in [5.74, 6) is -0.536. The molecule has 0 aliphatic rings. The average molecular weight is 234 g/mol. The van der Waals surface area contributed by atoms with E-state index in [4.69, 9.17) is 15.9 Å². The fraction of sp³-hybridized carbons (Fsp3) is 0.375. The van der Waals surface area contributed by atoms with Gasteiger partial charge in [-0.15, -0.1) is 0 Å². The molecule has 0 aliphatic carbocycles. The maximum absolute atomic E-state index is 10.4. The molecule has 0 rings (SSSR count). The van der Waals surface area contributed by atoms with Crippen LogP contribution in [0.1, 0.15) is 13.8 Å². The second kappa shape index (κ2) is 22.7. The third-order valence-corrected chi connectivity index (χ3v) is 0.613. The molecule has 0 bridgehead atoms. The van der Waals surface area contributed by atoms with Crippen LogP contribution >= 0.6 is 0 Å². The molecule has 0 aromatic heterocycles. The minimum absolute atomic E-state index is 0. The van der Waals surface area contributed by atoms with Gasteiger partial charge >= 0.3 is 27.7 Å². The van der Waals surface area contributed by atoms with Crippen LogP contribution in [0.2, 0.25) is 0 Å². The van der Waals surface area contributed by atoms with Gasteiger partial charge in [0.05, 0.1) is 18.4 Å². The van der Waals surface area contributed by atoms with Crippen molar-refractivity contribution >= 4 is 19.4 Å². The fourth-order valence-electron chi connectivity index (χ4n) is 0.354. The van der Waals surface area contributed by atoms with Crippen molar-refractivity contribution in [1.82, 2.24) is 0 Å². The molecular weight excluding hydrogens is 220 g/mol. The zero-order valence-corrected chi connectivity index (χ0v) is 9.76. The third kappa shape index (κ3) is 30.5. The number of ether oxygens (including phenoxy) is 1. The van der Waals surface area contributed by atoms with Crippen LogP contribution in [0.25, 0.3) is 0 Å². The van der Waals surface area contributed by atoms with E-state index < -0.39 is 5.97 Å². The van der Waals surface area contributed by atoms with Crippen molar-refractivity contribution in [3.05, 3.63) is 11.8 Å². The van der Waals surface area contributed by atoms with Crippen LogP contribution in [0.4, 0.5) is 0 Å². The zero-order valence-electron chi connectivity index (χ0n) is 8.20. The van der Waals surface area contributed by atoms with Crippen LogP contribution in [0.3, 0.4) is 0 Å². The number of rotatable bonds is 2. The summed E-state index contributed by atoms with van der Waals surface area (Å²) in [6.45, 7) is 11.0. The average Bonchev–Trinajstić information content (AvgIpc) is 2.10. The first kappa shape index (κ1) is 23.1. The Hall–Kier alpha value is -0.936. The Balaban J connectivity index is -0.0000000883. The van der Waals surface area contributed by atoms with E-state index in [2.05, 4.69) is 18.2 Å². The Labute approximate surface area is 99.1 Å². The Kier molecular flexibility index (Phi) is 37.5. The number of carbonyl (C=O) groups is 1. The normalized spacial score (nSPS) is 7.71. The molecule has 0 unspecified atom stereocenters. The summed E-state index contributed by atoms with van der Waals surface area (Å²) in [6.07, 6.45) is 1.03. The van der Waals surface area contributed by atoms with Gasteiger partial charge in [0.1, 0.15) is 0 Å². The van der Waals surface area contributed by atoms with E-state index >= 15 is 0 Å².